The predicted molar refractivity (Wildman–Crippen MR) is 101 cm³/mol. The number of fused-ring (bicyclic) bond motifs is 1. The van der Waals surface area contributed by atoms with E-state index in [9.17, 15) is 0 Å². The van der Waals surface area contributed by atoms with Crippen LogP contribution in [-0.4, -0.2) is 20.2 Å². The van der Waals surface area contributed by atoms with Gasteiger partial charge in [0.25, 0.3) is 0 Å². The highest BCUT2D eigenvalue weighted by atomic mass is 35.5. The van der Waals surface area contributed by atoms with Crippen molar-refractivity contribution in [2.75, 3.05) is 5.32 Å². The van der Waals surface area contributed by atoms with Gasteiger partial charge < -0.3 is 10.1 Å². The van der Waals surface area contributed by atoms with Gasteiger partial charge in [-0.25, -0.2) is 9.97 Å². The summed E-state index contributed by atoms with van der Waals surface area (Å²) in [5.74, 6) is 3.00. The SMILES string of the molecule is Cc1cc(Nc2nc(COc3ccc(Cl)cc3)nc3c2CCCC3)n[nH]1. The molecular formula is C19H20ClN5O. The van der Waals surface area contributed by atoms with E-state index in [2.05, 4.69) is 15.5 Å². The van der Waals surface area contributed by atoms with Gasteiger partial charge in [0, 0.05) is 28.0 Å². The molecule has 134 valence electrons. The lowest BCUT2D eigenvalue weighted by Gasteiger charge is -2.19. The molecule has 2 N–H and O–H groups in total. The van der Waals surface area contributed by atoms with Crippen molar-refractivity contribution >= 4 is 23.2 Å². The Hall–Kier alpha value is -2.60. The highest BCUT2D eigenvalue weighted by Gasteiger charge is 2.18. The fourth-order valence-electron chi connectivity index (χ4n) is 3.10. The monoisotopic (exact) mass is 369 g/mol. The Morgan fingerprint density at radius 2 is 1.96 bits per heavy atom. The second-order valence-corrected chi connectivity index (χ2v) is 6.86. The lowest BCUT2D eigenvalue weighted by molar-refractivity contribution is 0.295. The number of nitrogens with one attached hydrogen (secondary N) is 2. The Morgan fingerprint density at radius 1 is 1.15 bits per heavy atom. The molecule has 0 radical (unpaired) electrons. The third kappa shape index (κ3) is 3.80. The zero-order valence-electron chi connectivity index (χ0n) is 14.6. The molecular weight excluding hydrogens is 350 g/mol. The normalized spacial score (nSPS) is 13.3. The second kappa shape index (κ2) is 7.33. The van der Waals surface area contributed by atoms with Crippen LogP contribution in [0.15, 0.2) is 30.3 Å². The number of aryl methyl sites for hydroxylation is 2. The van der Waals surface area contributed by atoms with E-state index in [-0.39, 0.29) is 0 Å². The number of hydrogen-bond donors (Lipinski definition) is 2. The van der Waals surface area contributed by atoms with Gasteiger partial charge in [-0.2, -0.15) is 5.10 Å². The van der Waals surface area contributed by atoms with E-state index < -0.39 is 0 Å². The molecule has 7 heteroatoms. The van der Waals surface area contributed by atoms with E-state index in [1.165, 1.54) is 5.56 Å². The molecule has 1 aliphatic rings. The van der Waals surface area contributed by atoms with E-state index in [4.69, 9.17) is 26.3 Å². The van der Waals surface area contributed by atoms with E-state index in [0.29, 0.717) is 17.5 Å². The Kier molecular flexibility index (Phi) is 4.75. The Morgan fingerprint density at radius 3 is 2.73 bits per heavy atom. The number of nitrogens with zero attached hydrogens (tertiary/aromatic N) is 3. The highest BCUT2D eigenvalue weighted by molar-refractivity contribution is 6.30. The number of aromatic amines is 1. The maximum absolute atomic E-state index is 5.91. The van der Waals surface area contributed by atoms with Crippen LogP contribution in [0, 0.1) is 6.92 Å². The molecule has 1 aliphatic carbocycles. The number of hydrogen-bond acceptors (Lipinski definition) is 5. The molecule has 0 unspecified atom stereocenters. The fourth-order valence-corrected chi connectivity index (χ4v) is 3.22. The molecule has 2 aromatic heterocycles. The van der Waals surface area contributed by atoms with Crippen molar-refractivity contribution in [2.24, 2.45) is 0 Å². The van der Waals surface area contributed by atoms with Gasteiger partial charge >= 0.3 is 0 Å². The average Bonchev–Trinajstić information content (AvgIpc) is 3.06. The number of halogens is 1. The number of rotatable bonds is 5. The van der Waals surface area contributed by atoms with Crippen molar-refractivity contribution in [1.82, 2.24) is 20.2 Å². The van der Waals surface area contributed by atoms with Crippen LogP contribution in [0.5, 0.6) is 5.75 Å². The van der Waals surface area contributed by atoms with Gasteiger partial charge in [0.2, 0.25) is 0 Å². The lowest BCUT2D eigenvalue weighted by atomic mass is 9.96. The Bertz CT molecular complexity index is 907. The number of anilines is 2. The molecule has 4 rings (SSSR count). The minimum Gasteiger partial charge on any atom is -0.486 e. The van der Waals surface area contributed by atoms with Crippen LogP contribution in [0.1, 0.15) is 35.6 Å². The van der Waals surface area contributed by atoms with Crippen molar-refractivity contribution in [2.45, 2.75) is 39.2 Å². The Balaban J connectivity index is 1.58. The number of H-pyrrole nitrogens is 1. The Labute approximate surface area is 157 Å². The van der Waals surface area contributed by atoms with Gasteiger partial charge in [0.05, 0.1) is 0 Å². The van der Waals surface area contributed by atoms with Crippen LogP contribution < -0.4 is 10.1 Å². The quantitative estimate of drug-likeness (QED) is 0.698. The van der Waals surface area contributed by atoms with Gasteiger partial charge in [0.15, 0.2) is 11.6 Å². The van der Waals surface area contributed by atoms with Crippen LogP contribution in [0.3, 0.4) is 0 Å². The molecule has 0 saturated heterocycles. The van der Waals surface area contributed by atoms with Crippen molar-refractivity contribution in [3.8, 4) is 5.75 Å². The first-order chi connectivity index (χ1) is 12.7. The number of aromatic nitrogens is 4. The minimum atomic E-state index is 0.309. The third-order valence-electron chi connectivity index (χ3n) is 4.36. The summed E-state index contributed by atoms with van der Waals surface area (Å²) in [6.07, 6.45) is 4.27. The van der Waals surface area contributed by atoms with Crippen LogP contribution in [-0.2, 0) is 19.4 Å². The first-order valence-corrected chi connectivity index (χ1v) is 9.11. The smallest absolute Gasteiger partial charge is 0.168 e. The highest BCUT2D eigenvalue weighted by Crippen LogP contribution is 2.28. The van der Waals surface area contributed by atoms with Gasteiger partial charge in [-0.3, -0.25) is 5.10 Å². The molecule has 26 heavy (non-hydrogen) atoms. The molecule has 2 heterocycles. The molecule has 6 nitrogen and oxygen atoms in total. The zero-order valence-corrected chi connectivity index (χ0v) is 15.3. The fraction of sp³-hybridized carbons (Fsp3) is 0.316. The van der Waals surface area contributed by atoms with Gasteiger partial charge in [-0.15, -0.1) is 0 Å². The van der Waals surface area contributed by atoms with Crippen LogP contribution in [0.25, 0.3) is 0 Å². The van der Waals surface area contributed by atoms with E-state index in [1.54, 1.807) is 12.1 Å². The predicted octanol–water partition coefficient (Wildman–Crippen LogP) is 4.36. The molecule has 0 aliphatic heterocycles. The third-order valence-corrected chi connectivity index (χ3v) is 4.62. The molecule has 0 saturated carbocycles. The topological polar surface area (TPSA) is 75.7 Å². The summed E-state index contributed by atoms with van der Waals surface area (Å²) in [6.45, 7) is 2.28. The van der Waals surface area contributed by atoms with Crippen molar-refractivity contribution < 1.29 is 4.74 Å². The molecule has 1 aromatic carbocycles. The standard InChI is InChI=1S/C19H20ClN5O/c1-12-10-17(25-24-12)22-19-15-4-2-3-5-16(15)21-18(23-19)11-26-14-8-6-13(20)7-9-14/h6-10H,2-5,11H2,1H3,(H2,21,22,23,24,25). The number of ether oxygens (including phenoxy) is 1. The summed E-state index contributed by atoms with van der Waals surface area (Å²) < 4.78 is 5.81. The molecule has 0 spiro atoms. The van der Waals surface area contributed by atoms with Crippen molar-refractivity contribution in [3.63, 3.8) is 0 Å². The van der Waals surface area contributed by atoms with Crippen LogP contribution in [0.4, 0.5) is 11.6 Å². The summed E-state index contributed by atoms with van der Waals surface area (Å²) in [5.41, 5.74) is 3.30. The van der Waals surface area contributed by atoms with E-state index in [0.717, 1.165) is 54.5 Å². The van der Waals surface area contributed by atoms with Crippen molar-refractivity contribution in [1.29, 1.82) is 0 Å². The van der Waals surface area contributed by atoms with E-state index in [1.807, 2.05) is 25.1 Å². The van der Waals surface area contributed by atoms with Crippen LogP contribution in [0.2, 0.25) is 5.02 Å². The lowest BCUT2D eigenvalue weighted by Crippen LogP contribution is -2.14. The molecule has 0 fully saturated rings. The summed E-state index contributed by atoms with van der Waals surface area (Å²) in [4.78, 5) is 9.42. The maximum atomic E-state index is 5.91. The summed E-state index contributed by atoms with van der Waals surface area (Å²) in [5, 5.41) is 11.2. The summed E-state index contributed by atoms with van der Waals surface area (Å²) in [7, 11) is 0. The zero-order chi connectivity index (χ0) is 17.9. The second-order valence-electron chi connectivity index (χ2n) is 6.42. The summed E-state index contributed by atoms with van der Waals surface area (Å²) >= 11 is 5.91. The average molecular weight is 370 g/mol. The first-order valence-electron chi connectivity index (χ1n) is 8.73. The largest absolute Gasteiger partial charge is 0.486 e. The van der Waals surface area contributed by atoms with E-state index >= 15 is 0 Å². The molecule has 0 amide bonds. The minimum absolute atomic E-state index is 0.309. The van der Waals surface area contributed by atoms with Gasteiger partial charge in [-0.05, 0) is 56.9 Å². The maximum Gasteiger partial charge on any atom is 0.168 e. The molecule has 3 aromatic rings. The molecule has 0 atom stereocenters. The van der Waals surface area contributed by atoms with Gasteiger partial charge in [-0.1, -0.05) is 11.6 Å². The number of benzene rings is 1. The van der Waals surface area contributed by atoms with Gasteiger partial charge in [0.1, 0.15) is 18.2 Å². The van der Waals surface area contributed by atoms with Crippen molar-refractivity contribution in [3.05, 3.63) is 58.1 Å². The summed E-state index contributed by atoms with van der Waals surface area (Å²) in [6, 6.07) is 9.25. The van der Waals surface area contributed by atoms with Crippen LogP contribution >= 0.6 is 11.6 Å². The molecule has 0 bridgehead atoms. The first kappa shape index (κ1) is 16.8.